The van der Waals surface area contributed by atoms with Crippen LogP contribution in [0, 0.1) is 0 Å². The van der Waals surface area contributed by atoms with E-state index in [1.807, 2.05) is 0 Å². The average Bonchev–Trinajstić information content (AvgIpc) is 1.84. The molecule has 0 spiro atoms. The van der Waals surface area contributed by atoms with Crippen LogP contribution in [-0.2, 0) is 0 Å². The maximum Gasteiger partial charge on any atom is 0.0401 e. The molecule has 0 aromatic rings. The van der Waals surface area contributed by atoms with Crippen molar-refractivity contribution in [2.24, 2.45) is 0 Å². The molecular formula is C5H8Br4. The van der Waals surface area contributed by atoms with Gasteiger partial charge in [0.25, 0.3) is 0 Å². The van der Waals surface area contributed by atoms with Crippen LogP contribution in [0.2, 0.25) is 0 Å². The van der Waals surface area contributed by atoms with Crippen molar-refractivity contribution < 1.29 is 0 Å². The largest absolute Gasteiger partial charge is 0.0916 e. The zero-order chi connectivity index (χ0) is 7.44. The van der Waals surface area contributed by atoms with Crippen LogP contribution in [0.5, 0.6) is 0 Å². The number of hydrogen-bond donors (Lipinski definition) is 0. The van der Waals surface area contributed by atoms with Gasteiger partial charge in [0.05, 0.1) is 0 Å². The van der Waals surface area contributed by atoms with Crippen LogP contribution in [-0.4, -0.2) is 19.8 Å². The minimum absolute atomic E-state index is 0.483. The summed E-state index contributed by atoms with van der Waals surface area (Å²) in [5.74, 6) is 0. The van der Waals surface area contributed by atoms with Crippen LogP contribution in [0.1, 0.15) is 6.92 Å². The van der Waals surface area contributed by atoms with E-state index >= 15 is 0 Å². The lowest BCUT2D eigenvalue weighted by Crippen LogP contribution is -2.22. The van der Waals surface area contributed by atoms with Gasteiger partial charge >= 0.3 is 0 Å². The van der Waals surface area contributed by atoms with Crippen molar-refractivity contribution in [3.05, 3.63) is 0 Å². The second-order valence-corrected chi connectivity index (χ2v) is 6.12. The van der Waals surface area contributed by atoms with Crippen molar-refractivity contribution in [1.29, 1.82) is 0 Å². The molecule has 0 saturated heterocycles. The first-order chi connectivity index (χ1) is 4.09. The van der Waals surface area contributed by atoms with E-state index in [0.717, 1.165) is 5.33 Å². The van der Waals surface area contributed by atoms with Crippen molar-refractivity contribution in [3.8, 4) is 0 Å². The number of alkyl halides is 4. The highest BCUT2D eigenvalue weighted by Gasteiger charge is 2.18. The minimum Gasteiger partial charge on any atom is -0.0916 e. The van der Waals surface area contributed by atoms with E-state index < -0.39 is 0 Å². The molecule has 0 aromatic heterocycles. The lowest BCUT2D eigenvalue weighted by molar-refractivity contribution is 0.868. The first-order valence-electron chi connectivity index (χ1n) is 2.57. The Morgan fingerprint density at radius 3 is 1.78 bits per heavy atom. The van der Waals surface area contributed by atoms with Crippen LogP contribution < -0.4 is 0 Å². The van der Waals surface area contributed by atoms with Crippen LogP contribution in [0.3, 0.4) is 0 Å². The van der Waals surface area contributed by atoms with E-state index in [-0.39, 0.29) is 0 Å². The molecule has 3 atom stereocenters. The summed E-state index contributed by atoms with van der Waals surface area (Å²) in [4.78, 5) is 1.48. The summed E-state index contributed by atoms with van der Waals surface area (Å²) >= 11 is 13.9. The molecule has 0 radical (unpaired) electrons. The predicted molar refractivity (Wildman–Crippen MR) is 57.6 cm³/mol. The Morgan fingerprint density at radius 2 is 1.67 bits per heavy atom. The Morgan fingerprint density at radius 1 is 1.22 bits per heavy atom. The van der Waals surface area contributed by atoms with E-state index in [9.17, 15) is 0 Å². The smallest absolute Gasteiger partial charge is 0.0401 e. The molecule has 0 amide bonds. The Balaban J connectivity index is 3.58. The first kappa shape index (κ1) is 10.9. The third-order valence-electron chi connectivity index (χ3n) is 0.932. The fourth-order valence-electron chi connectivity index (χ4n) is 0.373. The highest BCUT2D eigenvalue weighted by molar-refractivity contribution is 9.14. The second-order valence-electron chi connectivity index (χ2n) is 1.79. The standard InChI is InChI=1S/C5H8Br4/c1-3(7)5(9)4(8)2-6/h3-5H,2H2,1H3/t3-,4+,5+/m0/s1. The number of rotatable bonds is 3. The molecule has 0 aliphatic carbocycles. The van der Waals surface area contributed by atoms with E-state index in [2.05, 4.69) is 70.6 Å². The highest BCUT2D eigenvalue weighted by atomic mass is 79.9. The van der Waals surface area contributed by atoms with Gasteiger partial charge in [-0.3, -0.25) is 0 Å². The van der Waals surface area contributed by atoms with Gasteiger partial charge in [0.2, 0.25) is 0 Å². The van der Waals surface area contributed by atoms with Crippen molar-refractivity contribution in [2.75, 3.05) is 5.33 Å². The van der Waals surface area contributed by atoms with E-state index in [0.29, 0.717) is 14.5 Å². The van der Waals surface area contributed by atoms with Crippen molar-refractivity contribution in [2.45, 2.75) is 21.4 Å². The highest BCUT2D eigenvalue weighted by Crippen LogP contribution is 2.23. The van der Waals surface area contributed by atoms with Crippen molar-refractivity contribution in [1.82, 2.24) is 0 Å². The summed E-state index contributed by atoms with van der Waals surface area (Å²) in [6.45, 7) is 2.12. The van der Waals surface area contributed by atoms with Crippen LogP contribution in [0.25, 0.3) is 0 Å². The fraction of sp³-hybridized carbons (Fsp3) is 1.00. The fourth-order valence-corrected chi connectivity index (χ4v) is 2.70. The molecule has 0 aliphatic rings. The van der Waals surface area contributed by atoms with Gasteiger partial charge in [-0.25, -0.2) is 0 Å². The molecule has 0 unspecified atom stereocenters. The molecule has 0 nitrogen and oxygen atoms in total. The molecule has 0 aromatic carbocycles. The van der Waals surface area contributed by atoms with Gasteiger partial charge in [0.15, 0.2) is 0 Å². The molecular weight excluding hydrogens is 380 g/mol. The maximum atomic E-state index is 3.54. The molecule has 0 N–H and O–H groups in total. The summed E-state index contributed by atoms with van der Waals surface area (Å²) in [5.41, 5.74) is 0. The molecule has 0 rings (SSSR count). The molecule has 56 valence electrons. The summed E-state index contributed by atoms with van der Waals surface area (Å²) in [7, 11) is 0. The Kier molecular flexibility index (Phi) is 6.74. The van der Waals surface area contributed by atoms with E-state index in [4.69, 9.17) is 0 Å². The average molecular weight is 388 g/mol. The minimum atomic E-state index is 0.483. The van der Waals surface area contributed by atoms with Gasteiger partial charge in [-0.05, 0) is 0 Å². The Labute approximate surface area is 89.7 Å². The number of halogens is 4. The quantitative estimate of drug-likeness (QED) is 0.648. The topological polar surface area (TPSA) is 0 Å². The zero-order valence-corrected chi connectivity index (χ0v) is 11.3. The van der Waals surface area contributed by atoms with Gasteiger partial charge in [-0.15, -0.1) is 0 Å². The van der Waals surface area contributed by atoms with Crippen molar-refractivity contribution >= 4 is 63.7 Å². The summed E-state index contributed by atoms with van der Waals surface area (Å²) in [6.07, 6.45) is 0. The van der Waals surface area contributed by atoms with E-state index in [1.165, 1.54) is 0 Å². The first-order valence-corrected chi connectivity index (χ1v) is 6.44. The Hall–Kier alpha value is 1.92. The Bertz CT molecular complexity index is 73.4. The van der Waals surface area contributed by atoms with Crippen LogP contribution in [0.4, 0.5) is 0 Å². The normalized spacial score (nSPS) is 21.0. The summed E-state index contributed by atoms with van der Waals surface area (Å²) < 4.78 is 0. The molecule has 9 heavy (non-hydrogen) atoms. The van der Waals surface area contributed by atoms with E-state index in [1.54, 1.807) is 0 Å². The van der Waals surface area contributed by atoms with Gasteiger partial charge < -0.3 is 0 Å². The monoisotopic (exact) mass is 384 g/mol. The third-order valence-corrected chi connectivity index (χ3v) is 6.81. The van der Waals surface area contributed by atoms with Gasteiger partial charge in [-0.1, -0.05) is 70.6 Å². The molecule has 0 saturated carbocycles. The van der Waals surface area contributed by atoms with Gasteiger partial charge in [0, 0.05) is 19.8 Å². The van der Waals surface area contributed by atoms with Crippen molar-refractivity contribution in [3.63, 3.8) is 0 Å². The predicted octanol–water partition coefficient (Wildman–Crippen LogP) is 3.69. The molecule has 4 heteroatoms. The number of hydrogen-bond acceptors (Lipinski definition) is 0. The van der Waals surface area contributed by atoms with Gasteiger partial charge in [-0.2, -0.15) is 0 Å². The van der Waals surface area contributed by atoms with Gasteiger partial charge in [0.1, 0.15) is 0 Å². The second kappa shape index (κ2) is 5.56. The van der Waals surface area contributed by atoms with Crippen LogP contribution in [0.15, 0.2) is 0 Å². The SMILES string of the molecule is C[C@H](Br)[C@@H](Br)[C@H](Br)CBr. The lowest BCUT2D eigenvalue weighted by Gasteiger charge is -2.15. The molecule has 0 fully saturated rings. The molecule has 0 heterocycles. The maximum absolute atomic E-state index is 3.54. The molecule has 0 aliphatic heterocycles. The third kappa shape index (κ3) is 4.38. The molecule has 0 bridgehead atoms. The zero-order valence-electron chi connectivity index (χ0n) is 4.95. The summed E-state index contributed by atoms with van der Waals surface area (Å²) in [6, 6.07) is 0. The van der Waals surface area contributed by atoms with Crippen LogP contribution >= 0.6 is 63.7 Å². The lowest BCUT2D eigenvalue weighted by atomic mass is 10.3. The summed E-state index contributed by atoms with van der Waals surface area (Å²) in [5, 5.41) is 0.971.